The van der Waals surface area contributed by atoms with Crippen molar-refractivity contribution < 1.29 is 4.74 Å². The summed E-state index contributed by atoms with van der Waals surface area (Å²) >= 11 is 0. The molecule has 0 N–H and O–H groups in total. The molecule has 0 saturated carbocycles. The van der Waals surface area contributed by atoms with E-state index in [0.29, 0.717) is 5.92 Å². The molecule has 4 aromatic carbocycles. The van der Waals surface area contributed by atoms with Crippen LogP contribution >= 0.6 is 0 Å². The Kier molecular flexibility index (Phi) is 4.55. The number of anilines is 3. The second kappa shape index (κ2) is 7.82. The molecule has 2 aliphatic heterocycles. The standard InChI is InChI=1S/C33H26N2O/c1-22(2)23-18-19-29-28(21-23)35-31-26(15-9-17-30(31)36-29)33(24-11-5-3-6-12-24,25-13-7-4-8-14-25)27-16-10-20-34-32(27)35/h3-22H,1-2H3. The van der Waals surface area contributed by atoms with Gasteiger partial charge in [0.2, 0.25) is 0 Å². The summed E-state index contributed by atoms with van der Waals surface area (Å²) in [6.45, 7) is 4.45. The fraction of sp³-hybridized carbons (Fsp3) is 0.121. The van der Waals surface area contributed by atoms with Gasteiger partial charge < -0.3 is 4.74 Å². The van der Waals surface area contributed by atoms with Crippen molar-refractivity contribution in [1.82, 2.24) is 4.98 Å². The van der Waals surface area contributed by atoms with Crippen LogP contribution in [0.2, 0.25) is 0 Å². The van der Waals surface area contributed by atoms with Gasteiger partial charge in [0, 0.05) is 11.8 Å². The van der Waals surface area contributed by atoms with Crippen molar-refractivity contribution in [2.24, 2.45) is 0 Å². The normalized spacial score (nSPS) is 14.5. The van der Waals surface area contributed by atoms with Crippen molar-refractivity contribution in [3.8, 4) is 11.5 Å². The largest absolute Gasteiger partial charge is 0.453 e. The highest BCUT2D eigenvalue weighted by Gasteiger charge is 2.49. The summed E-state index contributed by atoms with van der Waals surface area (Å²) in [6.07, 6.45) is 1.90. The highest BCUT2D eigenvalue weighted by atomic mass is 16.5. The maximum absolute atomic E-state index is 6.57. The van der Waals surface area contributed by atoms with Crippen molar-refractivity contribution in [3.05, 3.63) is 143 Å². The molecule has 0 radical (unpaired) electrons. The van der Waals surface area contributed by atoms with Gasteiger partial charge in [0.1, 0.15) is 5.82 Å². The van der Waals surface area contributed by atoms with Gasteiger partial charge in [-0.1, -0.05) is 98.8 Å². The Morgan fingerprint density at radius 1 is 0.694 bits per heavy atom. The first kappa shape index (κ1) is 21.0. The minimum atomic E-state index is -0.537. The molecule has 0 fully saturated rings. The molecule has 3 heterocycles. The summed E-state index contributed by atoms with van der Waals surface area (Å²) in [4.78, 5) is 7.35. The summed E-state index contributed by atoms with van der Waals surface area (Å²) in [5.41, 5.74) is 7.61. The Hall–Kier alpha value is -4.37. The smallest absolute Gasteiger partial charge is 0.151 e. The molecular weight excluding hydrogens is 440 g/mol. The maximum Gasteiger partial charge on any atom is 0.151 e. The molecule has 0 saturated heterocycles. The van der Waals surface area contributed by atoms with Gasteiger partial charge in [-0.05, 0) is 52.4 Å². The molecule has 3 nitrogen and oxygen atoms in total. The molecule has 5 aromatic rings. The minimum absolute atomic E-state index is 0.410. The zero-order valence-corrected chi connectivity index (χ0v) is 20.3. The van der Waals surface area contributed by atoms with Gasteiger partial charge >= 0.3 is 0 Å². The summed E-state index contributed by atoms with van der Waals surface area (Å²) in [5, 5.41) is 0. The summed E-state index contributed by atoms with van der Waals surface area (Å²) in [7, 11) is 0. The van der Waals surface area contributed by atoms with Crippen molar-refractivity contribution in [1.29, 1.82) is 0 Å². The topological polar surface area (TPSA) is 25.4 Å². The van der Waals surface area contributed by atoms with Gasteiger partial charge in [-0.3, -0.25) is 4.90 Å². The van der Waals surface area contributed by atoms with Crippen LogP contribution in [-0.4, -0.2) is 4.98 Å². The lowest BCUT2D eigenvalue weighted by Gasteiger charge is -2.47. The molecule has 2 aliphatic rings. The SMILES string of the molecule is CC(C)c1ccc2c(c1)N1c3ncccc3C(c3ccccc3)(c3ccccc3)c3cccc(c31)O2. The number of ether oxygens (including phenoxy) is 1. The van der Waals surface area contributed by atoms with Crippen LogP contribution in [0.3, 0.4) is 0 Å². The lowest BCUT2D eigenvalue weighted by atomic mass is 9.63. The molecule has 0 atom stereocenters. The molecule has 36 heavy (non-hydrogen) atoms. The third-order valence-corrected chi connectivity index (χ3v) is 7.55. The van der Waals surface area contributed by atoms with E-state index in [4.69, 9.17) is 9.72 Å². The Morgan fingerprint density at radius 2 is 1.39 bits per heavy atom. The van der Waals surface area contributed by atoms with Crippen LogP contribution in [-0.2, 0) is 5.41 Å². The van der Waals surface area contributed by atoms with Crippen molar-refractivity contribution in [2.45, 2.75) is 25.2 Å². The Bertz CT molecular complexity index is 1550. The fourth-order valence-corrected chi connectivity index (χ4v) is 5.93. The Morgan fingerprint density at radius 3 is 2.08 bits per heavy atom. The number of rotatable bonds is 3. The first-order valence-corrected chi connectivity index (χ1v) is 12.5. The third-order valence-electron chi connectivity index (χ3n) is 7.55. The number of pyridine rings is 1. The van der Waals surface area contributed by atoms with Gasteiger partial charge in [-0.25, -0.2) is 4.98 Å². The fourth-order valence-electron chi connectivity index (χ4n) is 5.93. The zero-order chi connectivity index (χ0) is 24.3. The molecule has 174 valence electrons. The van der Waals surface area contributed by atoms with E-state index < -0.39 is 5.41 Å². The number of benzene rings is 4. The van der Waals surface area contributed by atoms with E-state index in [2.05, 4.69) is 128 Å². The van der Waals surface area contributed by atoms with Crippen molar-refractivity contribution >= 4 is 17.2 Å². The van der Waals surface area contributed by atoms with Gasteiger partial charge in [0.05, 0.1) is 16.8 Å². The molecule has 0 bridgehead atoms. The van der Waals surface area contributed by atoms with Crippen LogP contribution in [0.1, 0.15) is 47.6 Å². The molecule has 0 spiro atoms. The van der Waals surface area contributed by atoms with Gasteiger partial charge in [0.15, 0.2) is 11.5 Å². The predicted molar refractivity (Wildman–Crippen MR) is 145 cm³/mol. The van der Waals surface area contributed by atoms with Crippen LogP contribution in [0, 0.1) is 0 Å². The average Bonchev–Trinajstić information content (AvgIpc) is 2.94. The Balaban J connectivity index is 1.63. The second-order valence-electron chi connectivity index (χ2n) is 9.83. The quantitative estimate of drug-likeness (QED) is 0.261. The minimum Gasteiger partial charge on any atom is -0.453 e. The van der Waals surface area contributed by atoms with Crippen LogP contribution in [0.5, 0.6) is 11.5 Å². The molecular formula is C33H26N2O. The molecule has 0 unspecified atom stereocenters. The summed E-state index contributed by atoms with van der Waals surface area (Å²) < 4.78 is 6.57. The molecule has 3 heteroatoms. The van der Waals surface area contributed by atoms with E-state index in [1.54, 1.807) is 0 Å². The van der Waals surface area contributed by atoms with Crippen LogP contribution in [0.15, 0.2) is 115 Å². The van der Waals surface area contributed by atoms with Gasteiger partial charge in [0.25, 0.3) is 0 Å². The van der Waals surface area contributed by atoms with E-state index in [1.165, 1.54) is 22.3 Å². The van der Waals surface area contributed by atoms with Crippen LogP contribution in [0.4, 0.5) is 17.2 Å². The summed E-state index contributed by atoms with van der Waals surface area (Å²) in [5.74, 6) is 3.06. The van der Waals surface area contributed by atoms with E-state index >= 15 is 0 Å². The first-order valence-electron chi connectivity index (χ1n) is 12.5. The number of aromatic nitrogens is 1. The number of para-hydroxylation sites is 1. The number of hydrogen-bond donors (Lipinski definition) is 0. The second-order valence-corrected chi connectivity index (χ2v) is 9.83. The van der Waals surface area contributed by atoms with Crippen LogP contribution < -0.4 is 9.64 Å². The summed E-state index contributed by atoms with van der Waals surface area (Å²) in [6, 6.07) is 38.8. The lowest BCUT2D eigenvalue weighted by molar-refractivity contribution is 0.472. The van der Waals surface area contributed by atoms with Crippen molar-refractivity contribution in [3.63, 3.8) is 0 Å². The van der Waals surface area contributed by atoms with Crippen molar-refractivity contribution in [2.75, 3.05) is 4.90 Å². The average molecular weight is 467 g/mol. The number of hydrogen-bond acceptors (Lipinski definition) is 3. The lowest BCUT2D eigenvalue weighted by Crippen LogP contribution is -2.39. The van der Waals surface area contributed by atoms with Crippen LogP contribution in [0.25, 0.3) is 0 Å². The van der Waals surface area contributed by atoms with E-state index in [9.17, 15) is 0 Å². The zero-order valence-electron chi connectivity index (χ0n) is 20.3. The Labute approximate surface area is 211 Å². The van der Waals surface area contributed by atoms with E-state index in [0.717, 1.165) is 34.3 Å². The van der Waals surface area contributed by atoms with E-state index in [1.807, 2.05) is 6.20 Å². The van der Waals surface area contributed by atoms with Gasteiger partial charge in [-0.2, -0.15) is 0 Å². The molecule has 0 amide bonds. The monoisotopic (exact) mass is 466 g/mol. The third kappa shape index (κ3) is 2.77. The van der Waals surface area contributed by atoms with E-state index in [-0.39, 0.29) is 0 Å². The molecule has 0 aliphatic carbocycles. The van der Waals surface area contributed by atoms with Gasteiger partial charge in [-0.15, -0.1) is 0 Å². The predicted octanol–water partition coefficient (Wildman–Crippen LogP) is 8.48. The maximum atomic E-state index is 6.57. The highest BCUT2D eigenvalue weighted by Crippen LogP contribution is 2.62. The first-order chi connectivity index (χ1) is 17.7. The molecule has 7 rings (SSSR count). The number of nitrogens with zero attached hydrogens (tertiary/aromatic N) is 2. The number of fused-ring (bicyclic) bond motifs is 4. The molecule has 1 aromatic heterocycles. The highest BCUT2D eigenvalue weighted by molar-refractivity contribution is 5.94.